The van der Waals surface area contributed by atoms with Crippen molar-refractivity contribution in [1.82, 2.24) is 25.1 Å². The zero-order chi connectivity index (χ0) is 18.6. The summed E-state index contributed by atoms with van der Waals surface area (Å²) in [4.78, 5) is 28.6. The van der Waals surface area contributed by atoms with Crippen molar-refractivity contribution in [2.75, 3.05) is 64.4 Å². The highest BCUT2D eigenvalue weighted by atomic mass is 35.5. The van der Waals surface area contributed by atoms with Gasteiger partial charge in [-0.15, -0.1) is 24.8 Å². The van der Waals surface area contributed by atoms with Crippen molar-refractivity contribution in [2.24, 2.45) is 5.92 Å². The molecule has 10 heteroatoms. The third-order valence-corrected chi connectivity index (χ3v) is 6.10. The second-order valence-electron chi connectivity index (χ2n) is 7.67. The van der Waals surface area contributed by atoms with Crippen molar-refractivity contribution in [3.63, 3.8) is 0 Å². The minimum absolute atomic E-state index is 0. The van der Waals surface area contributed by atoms with E-state index in [4.69, 9.17) is 4.74 Å². The molecule has 3 saturated heterocycles. The summed E-state index contributed by atoms with van der Waals surface area (Å²) in [5.74, 6) is 1.75. The predicted molar refractivity (Wildman–Crippen MR) is 117 cm³/mol. The summed E-state index contributed by atoms with van der Waals surface area (Å²) in [6.45, 7) is 7.78. The van der Waals surface area contributed by atoms with E-state index in [0.717, 1.165) is 71.6 Å². The monoisotopic (exact) mass is 446 g/mol. The molecule has 0 aliphatic carbocycles. The molecule has 29 heavy (non-hydrogen) atoms. The van der Waals surface area contributed by atoms with Crippen molar-refractivity contribution in [1.29, 1.82) is 0 Å². The van der Waals surface area contributed by atoms with Crippen molar-refractivity contribution in [2.45, 2.75) is 25.3 Å². The lowest BCUT2D eigenvalue weighted by atomic mass is 9.95. The first-order valence-electron chi connectivity index (χ1n) is 10.1. The molecule has 0 aromatic carbocycles. The second kappa shape index (κ2) is 11.2. The molecule has 4 heterocycles. The number of rotatable bonds is 4. The minimum atomic E-state index is 0. The average Bonchev–Trinajstić information content (AvgIpc) is 3.24. The number of methoxy groups -OCH3 is 1. The molecular weight excluding hydrogens is 415 g/mol. The largest absolute Gasteiger partial charge is 0.481 e. The number of nitrogens with one attached hydrogen (secondary N) is 1. The molecular formula is C19H32Cl2N6O2. The number of anilines is 1. The Labute approximate surface area is 185 Å². The van der Waals surface area contributed by atoms with Crippen LogP contribution in [0.15, 0.2) is 12.3 Å². The SMILES string of the molecule is COc1ccnc(N2CCC(C(=O)N3CCC(N4CCNCC4)C3)CC2)n1.Cl.Cl. The van der Waals surface area contributed by atoms with Gasteiger partial charge in [-0.3, -0.25) is 9.69 Å². The lowest BCUT2D eigenvalue weighted by molar-refractivity contribution is -0.135. The lowest BCUT2D eigenvalue weighted by Gasteiger charge is -2.34. The standard InChI is InChI=1S/C19H30N6O2.2ClH/c1-27-17-2-6-21-19(22-17)24-9-3-15(4-10-24)18(26)25-11-5-16(14-25)23-12-7-20-8-13-23;;/h2,6,15-16,20H,3-5,7-14H2,1H3;2*1H. The maximum Gasteiger partial charge on any atom is 0.228 e. The van der Waals surface area contributed by atoms with Crippen LogP contribution in [-0.4, -0.2) is 91.2 Å². The van der Waals surface area contributed by atoms with Crippen molar-refractivity contribution in [3.8, 4) is 5.88 Å². The first-order chi connectivity index (χ1) is 13.2. The number of carbonyl (C=O) groups is 1. The van der Waals surface area contributed by atoms with Crippen LogP contribution in [0.1, 0.15) is 19.3 Å². The van der Waals surface area contributed by atoms with E-state index < -0.39 is 0 Å². The van der Waals surface area contributed by atoms with E-state index in [2.05, 4.69) is 30.0 Å². The van der Waals surface area contributed by atoms with E-state index in [-0.39, 0.29) is 30.7 Å². The number of hydrogen-bond donors (Lipinski definition) is 1. The van der Waals surface area contributed by atoms with E-state index in [0.29, 0.717) is 23.8 Å². The van der Waals surface area contributed by atoms with Crippen LogP contribution < -0.4 is 15.0 Å². The molecule has 0 bridgehead atoms. The van der Waals surface area contributed by atoms with E-state index in [1.807, 2.05) is 0 Å². The van der Waals surface area contributed by atoms with Gasteiger partial charge in [-0.1, -0.05) is 0 Å². The van der Waals surface area contributed by atoms with Crippen molar-refractivity contribution >= 4 is 36.7 Å². The molecule has 1 N–H and O–H groups in total. The number of likely N-dealkylation sites (tertiary alicyclic amines) is 1. The highest BCUT2D eigenvalue weighted by Crippen LogP contribution is 2.26. The molecule has 164 valence electrons. The number of ether oxygens (including phenoxy) is 1. The van der Waals surface area contributed by atoms with Gasteiger partial charge >= 0.3 is 0 Å². The smallest absolute Gasteiger partial charge is 0.228 e. The Morgan fingerprint density at radius 1 is 1.10 bits per heavy atom. The van der Waals surface area contributed by atoms with Gasteiger partial charge in [-0.25, -0.2) is 4.98 Å². The zero-order valence-electron chi connectivity index (χ0n) is 17.0. The quantitative estimate of drug-likeness (QED) is 0.740. The summed E-state index contributed by atoms with van der Waals surface area (Å²) in [6, 6.07) is 2.29. The van der Waals surface area contributed by atoms with Gasteiger partial charge in [0.05, 0.1) is 7.11 Å². The van der Waals surface area contributed by atoms with E-state index in [9.17, 15) is 4.79 Å². The van der Waals surface area contributed by atoms with E-state index in [1.54, 1.807) is 19.4 Å². The molecule has 0 saturated carbocycles. The van der Waals surface area contributed by atoms with Gasteiger partial charge in [0.1, 0.15) is 0 Å². The Morgan fingerprint density at radius 2 is 1.83 bits per heavy atom. The normalized spacial score (nSPS) is 23.3. The van der Waals surface area contributed by atoms with Gasteiger partial charge in [-0.05, 0) is 19.3 Å². The molecule has 1 aromatic heterocycles. The second-order valence-corrected chi connectivity index (χ2v) is 7.67. The van der Waals surface area contributed by atoms with Crippen LogP contribution in [0.5, 0.6) is 5.88 Å². The third-order valence-electron chi connectivity index (χ3n) is 6.10. The van der Waals surface area contributed by atoms with Crippen LogP contribution in [0.3, 0.4) is 0 Å². The number of piperazine rings is 1. The fraction of sp³-hybridized carbons (Fsp3) is 0.737. The van der Waals surface area contributed by atoms with Gasteiger partial charge in [-0.2, -0.15) is 4.98 Å². The molecule has 1 amide bonds. The van der Waals surface area contributed by atoms with Crippen molar-refractivity contribution < 1.29 is 9.53 Å². The maximum absolute atomic E-state index is 13.0. The summed E-state index contributed by atoms with van der Waals surface area (Å²) in [6.07, 6.45) is 4.57. The van der Waals surface area contributed by atoms with Crippen LogP contribution in [0.4, 0.5) is 5.95 Å². The highest BCUT2D eigenvalue weighted by molar-refractivity contribution is 5.85. The molecule has 3 aliphatic heterocycles. The van der Waals surface area contributed by atoms with E-state index >= 15 is 0 Å². The minimum Gasteiger partial charge on any atom is -0.481 e. The predicted octanol–water partition coefficient (Wildman–Crippen LogP) is 1.05. The van der Waals surface area contributed by atoms with Gasteiger partial charge < -0.3 is 19.9 Å². The number of amides is 1. The fourth-order valence-corrected chi connectivity index (χ4v) is 4.47. The Morgan fingerprint density at radius 3 is 2.52 bits per heavy atom. The summed E-state index contributed by atoms with van der Waals surface area (Å²) in [5, 5.41) is 3.40. The number of carbonyl (C=O) groups excluding carboxylic acids is 1. The van der Waals surface area contributed by atoms with Crippen LogP contribution in [0.2, 0.25) is 0 Å². The van der Waals surface area contributed by atoms with Crippen LogP contribution in [-0.2, 0) is 4.79 Å². The number of aromatic nitrogens is 2. The molecule has 1 aromatic rings. The topological polar surface area (TPSA) is 73.8 Å². The Kier molecular flexibility index (Phi) is 9.20. The van der Waals surface area contributed by atoms with Gasteiger partial charge in [0, 0.05) is 76.6 Å². The Hall–Kier alpha value is -1.35. The molecule has 0 radical (unpaired) electrons. The van der Waals surface area contributed by atoms with Crippen LogP contribution in [0.25, 0.3) is 0 Å². The number of nitrogens with zero attached hydrogens (tertiary/aromatic N) is 5. The first kappa shape index (κ1) is 23.9. The lowest BCUT2D eigenvalue weighted by Crippen LogP contribution is -2.50. The van der Waals surface area contributed by atoms with E-state index in [1.165, 1.54) is 0 Å². The number of hydrogen-bond acceptors (Lipinski definition) is 7. The molecule has 3 aliphatic rings. The summed E-state index contributed by atoms with van der Waals surface area (Å²) in [5.41, 5.74) is 0. The summed E-state index contributed by atoms with van der Waals surface area (Å²) < 4.78 is 5.19. The van der Waals surface area contributed by atoms with Crippen LogP contribution >= 0.6 is 24.8 Å². The van der Waals surface area contributed by atoms with Crippen LogP contribution in [0, 0.1) is 5.92 Å². The van der Waals surface area contributed by atoms with Gasteiger partial charge in [0.25, 0.3) is 0 Å². The highest BCUT2D eigenvalue weighted by Gasteiger charge is 2.35. The van der Waals surface area contributed by atoms with Gasteiger partial charge in [0.2, 0.25) is 17.7 Å². The molecule has 8 nitrogen and oxygen atoms in total. The maximum atomic E-state index is 13.0. The number of halogens is 2. The Bertz CT molecular complexity index is 653. The molecule has 4 rings (SSSR count). The summed E-state index contributed by atoms with van der Waals surface area (Å²) in [7, 11) is 1.61. The number of piperidine rings is 1. The first-order valence-corrected chi connectivity index (χ1v) is 10.1. The molecule has 0 spiro atoms. The molecule has 1 atom stereocenters. The zero-order valence-corrected chi connectivity index (χ0v) is 18.6. The van der Waals surface area contributed by atoms with Gasteiger partial charge in [0.15, 0.2) is 0 Å². The molecule has 1 unspecified atom stereocenters. The third kappa shape index (κ3) is 5.63. The Balaban J connectivity index is 0.00000150. The fourth-order valence-electron chi connectivity index (χ4n) is 4.47. The van der Waals surface area contributed by atoms with Crippen molar-refractivity contribution in [3.05, 3.63) is 12.3 Å². The molecule has 3 fully saturated rings. The summed E-state index contributed by atoms with van der Waals surface area (Å²) >= 11 is 0. The average molecular weight is 447 g/mol.